The molecule has 0 aliphatic carbocycles. The third-order valence-corrected chi connectivity index (χ3v) is 2.59. The first-order chi connectivity index (χ1) is 8.22. The van der Waals surface area contributed by atoms with E-state index in [1.54, 1.807) is 29.2 Å². The van der Waals surface area contributed by atoms with Crippen LogP contribution in [0, 0.1) is 0 Å². The number of nitrogens with zero attached hydrogens (tertiary/aromatic N) is 3. The fourth-order valence-corrected chi connectivity index (χ4v) is 1.45. The standard InChI is InChI=1S/C11H15N5O/c1-8(12-2)7-15-11(17)9-10-14-4-6-16(10)5-3-13-9/h3-6,8,12H,7H2,1-2H3,(H,15,17). The summed E-state index contributed by atoms with van der Waals surface area (Å²) < 4.78 is 1.77. The molecule has 2 aromatic heterocycles. The van der Waals surface area contributed by atoms with Gasteiger partial charge in [-0.1, -0.05) is 0 Å². The summed E-state index contributed by atoms with van der Waals surface area (Å²) in [7, 11) is 1.85. The van der Waals surface area contributed by atoms with Crippen molar-refractivity contribution in [2.75, 3.05) is 13.6 Å². The minimum absolute atomic E-state index is 0.205. The maximum atomic E-state index is 11.9. The molecule has 0 saturated heterocycles. The summed E-state index contributed by atoms with van der Waals surface area (Å²) >= 11 is 0. The maximum absolute atomic E-state index is 11.9. The third-order valence-electron chi connectivity index (χ3n) is 2.59. The first-order valence-electron chi connectivity index (χ1n) is 5.45. The molecule has 0 bridgehead atoms. The summed E-state index contributed by atoms with van der Waals surface area (Å²) in [6.45, 7) is 2.54. The Morgan fingerprint density at radius 1 is 1.41 bits per heavy atom. The summed E-state index contributed by atoms with van der Waals surface area (Å²) in [5.41, 5.74) is 0.919. The van der Waals surface area contributed by atoms with Gasteiger partial charge in [-0.15, -0.1) is 0 Å². The van der Waals surface area contributed by atoms with Crippen molar-refractivity contribution in [1.82, 2.24) is 25.0 Å². The minimum atomic E-state index is -0.205. The molecule has 0 saturated carbocycles. The fraction of sp³-hybridized carbons (Fsp3) is 0.364. The molecule has 90 valence electrons. The first-order valence-corrected chi connectivity index (χ1v) is 5.45. The SMILES string of the molecule is CNC(C)CNC(=O)c1nccn2ccnc12. The van der Waals surface area contributed by atoms with Gasteiger partial charge in [0.15, 0.2) is 11.3 Å². The van der Waals surface area contributed by atoms with E-state index in [0.29, 0.717) is 17.9 Å². The van der Waals surface area contributed by atoms with E-state index in [-0.39, 0.29) is 11.9 Å². The van der Waals surface area contributed by atoms with E-state index >= 15 is 0 Å². The number of carbonyl (C=O) groups excluding carboxylic acids is 1. The highest BCUT2D eigenvalue weighted by Crippen LogP contribution is 2.04. The molecular formula is C11H15N5O. The van der Waals surface area contributed by atoms with Crippen LogP contribution < -0.4 is 10.6 Å². The quantitative estimate of drug-likeness (QED) is 0.783. The predicted octanol–water partition coefficient (Wildman–Crippen LogP) is 0.0670. The van der Waals surface area contributed by atoms with Crippen molar-refractivity contribution in [3.8, 4) is 0 Å². The smallest absolute Gasteiger partial charge is 0.273 e. The van der Waals surface area contributed by atoms with E-state index in [2.05, 4.69) is 20.6 Å². The van der Waals surface area contributed by atoms with Crippen molar-refractivity contribution in [3.63, 3.8) is 0 Å². The van der Waals surface area contributed by atoms with Gasteiger partial charge in [-0.3, -0.25) is 4.79 Å². The molecule has 17 heavy (non-hydrogen) atoms. The number of hydrogen-bond acceptors (Lipinski definition) is 4. The number of rotatable bonds is 4. The van der Waals surface area contributed by atoms with Crippen LogP contribution in [0.3, 0.4) is 0 Å². The topological polar surface area (TPSA) is 71.3 Å². The summed E-state index contributed by atoms with van der Waals surface area (Å²) in [4.78, 5) is 20.1. The summed E-state index contributed by atoms with van der Waals surface area (Å²) in [5, 5.41) is 5.86. The zero-order valence-electron chi connectivity index (χ0n) is 9.84. The van der Waals surface area contributed by atoms with Gasteiger partial charge in [0.1, 0.15) is 0 Å². The Bertz CT molecular complexity index is 521. The van der Waals surface area contributed by atoms with Gasteiger partial charge in [0, 0.05) is 37.4 Å². The van der Waals surface area contributed by atoms with Gasteiger partial charge in [-0.25, -0.2) is 9.97 Å². The van der Waals surface area contributed by atoms with Crippen molar-refractivity contribution in [3.05, 3.63) is 30.5 Å². The lowest BCUT2D eigenvalue weighted by Crippen LogP contribution is -2.37. The lowest BCUT2D eigenvalue weighted by molar-refractivity contribution is 0.0947. The van der Waals surface area contributed by atoms with Crippen molar-refractivity contribution < 1.29 is 4.79 Å². The first kappa shape index (κ1) is 11.5. The van der Waals surface area contributed by atoms with E-state index in [0.717, 1.165) is 0 Å². The Balaban J connectivity index is 2.16. The number of likely N-dealkylation sites (N-methyl/N-ethyl adjacent to an activating group) is 1. The van der Waals surface area contributed by atoms with Crippen molar-refractivity contribution >= 4 is 11.6 Å². The molecule has 2 heterocycles. The highest BCUT2D eigenvalue weighted by molar-refractivity contribution is 5.97. The largest absolute Gasteiger partial charge is 0.349 e. The highest BCUT2D eigenvalue weighted by Gasteiger charge is 2.13. The normalized spacial score (nSPS) is 12.6. The Hall–Kier alpha value is -1.95. The highest BCUT2D eigenvalue weighted by atomic mass is 16.1. The van der Waals surface area contributed by atoms with E-state index in [9.17, 15) is 4.79 Å². The number of hydrogen-bond donors (Lipinski definition) is 2. The summed E-state index contributed by atoms with van der Waals surface area (Å²) in [6, 6.07) is 0.221. The molecule has 1 unspecified atom stereocenters. The van der Waals surface area contributed by atoms with Crippen LogP contribution in [0.15, 0.2) is 24.8 Å². The second kappa shape index (κ2) is 4.92. The molecule has 1 atom stereocenters. The Morgan fingerprint density at radius 2 is 2.12 bits per heavy atom. The molecule has 2 aromatic rings. The zero-order chi connectivity index (χ0) is 12.3. The number of aromatic nitrogens is 3. The van der Waals surface area contributed by atoms with E-state index in [4.69, 9.17) is 0 Å². The molecule has 6 nitrogen and oxygen atoms in total. The van der Waals surface area contributed by atoms with E-state index in [1.165, 1.54) is 0 Å². The third kappa shape index (κ3) is 2.42. The molecule has 1 amide bonds. The molecular weight excluding hydrogens is 218 g/mol. The lowest BCUT2D eigenvalue weighted by Gasteiger charge is -2.11. The van der Waals surface area contributed by atoms with Crippen LogP contribution in [0.5, 0.6) is 0 Å². The second-order valence-electron chi connectivity index (χ2n) is 3.83. The molecule has 6 heteroatoms. The van der Waals surface area contributed by atoms with Gasteiger partial charge in [0.25, 0.3) is 5.91 Å². The van der Waals surface area contributed by atoms with Crippen LogP contribution in [0.1, 0.15) is 17.4 Å². The predicted molar refractivity (Wildman–Crippen MR) is 63.8 cm³/mol. The van der Waals surface area contributed by atoms with Crippen LogP contribution in [-0.2, 0) is 0 Å². The summed E-state index contributed by atoms with van der Waals surface area (Å²) in [6.07, 6.45) is 6.77. The fourth-order valence-electron chi connectivity index (χ4n) is 1.45. The number of nitrogens with one attached hydrogen (secondary N) is 2. The van der Waals surface area contributed by atoms with Gasteiger partial charge < -0.3 is 15.0 Å². The monoisotopic (exact) mass is 233 g/mol. The van der Waals surface area contributed by atoms with E-state index < -0.39 is 0 Å². The lowest BCUT2D eigenvalue weighted by atomic mass is 10.3. The molecule has 2 N–H and O–H groups in total. The van der Waals surface area contributed by atoms with Gasteiger partial charge >= 0.3 is 0 Å². The molecule has 0 aliphatic heterocycles. The van der Waals surface area contributed by atoms with Gasteiger partial charge in [0.2, 0.25) is 0 Å². The Labute approximate surface area is 99.1 Å². The minimum Gasteiger partial charge on any atom is -0.349 e. The number of imidazole rings is 1. The van der Waals surface area contributed by atoms with Crippen LogP contribution in [0.4, 0.5) is 0 Å². The molecule has 0 spiro atoms. The Morgan fingerprint density at radius 3 is 2.82 bits per heavy atom. The Kier molecular flexibility index (Phi) is 3.34. The van der Waals surface area contributed by atoms with Gasteiger partial charge in [0.05, 0.1) is 0 Å². The molecule has 0 aromatic carbocycles. The van der Waals surface area contributed by atoms with E-state index in [1.807, 2.05) is 14.0 Å². The number of fused-ring (bicyclic) bond motifs is 1. The van der Waals surface area contributed by atoms with Crippen LogP contribution >= 0.6 is 0 Å². The average Bonchev–Trinajstić information content (AvgIpc) is 2.83. The van der Waals surface area contributed by atoms with Gasteiger partial charge in [-0.2, -0.15) is 0 Å². The zero-order valence-corrected chi connectivity index (χ0v) is 9.84. The second-order valence-corrected chi connectivity index (χ2v) is 3.83. The number of carbonyl (C=O) groups is 1. The van der Waals surface area contributed by atoms with Crippen LogP contribution in [0.25, 0.3) is 5.65 Å². The number of amides is 1. The maximum Gasteiger partial charge on any atom is 0.273 e. The molecule has 2 rings (SSSR count). The van der Waals surface area contributed by atoms with Gasteiger partial charge in [-0.05, 0) is 14.0 Å². The molecule has 0 radical (unpaired) electrons. The van der Waals surface area contributed by atoms with Crippen molar-refractivity contribution in [2.45, 2.75) is 13.0 Å². The summed E-state index contributed by atoms with van der Waals surface area (Å²) in [5.74, 6) is -0.205. The van der Waals surface area contributed by atoms with Crippen LogP contribution in [0.2, 0.25) is 0 Å². The van der Waals surface area contributed by atoms with Crippen molar-refractivity contribution in [1.29, 1.82) is 0 Å². The van der Waals surface area contributed by atoms with Crippen molar-refractivity contribution in [2.24, 2.45) is 0 Å². The van der Waals surface area contributed by atoms with Crippen LogP contribution in [-0.4, -0.2) is 39.9 Å². The molecule has 0 fully saturated rings. The average molecular weight is 233 g/mol. The molecule has 0 aliphatic rings.